The topological polar surface area (TPSA) is 54.4 Å². The van der Waals surface area contributed by atoms with Gasteiger partial charge in [0.2, 0.25) is 0 Å². The second-order valence-corrected chi connectivity index (χ2v) is 3.72. The zero-order chi connectivity index (χ0) is 15.1. The van der Waals surface area contributed by atoms with Gasteiger partial charge in [-0.1, -0.05) is 19.1 Å². The van der Waals surface area contributed by atoms with E-state index in [9.17, 15) is 22.8 Å². The highest BCUT2D eigenvalue weighted by molar-refractivity contribution is 5.95. The Balaban J connectivity index is 0.000000555. The van der Waals surface area contributed by atoms with Gasteiger partial charge < -0.3 is 5.11 Å². The summed E-state index contributed by atoms with van der Waals surface area (Å²) in [5.41, 5.74) is -0.667. The van der Waals surface area contributed by atoms with Gasteiger partial charge >= 0.3 is 6.18 Å². The minimum absolute atomic E-state index is 0.113. The molecule has 0 spiro atoms. The lowest BCUT2D eigenvalue weighted by atomic mass is 10.1. The van der Waals surface area contributed by atoms with Gasteiger partial charge in [0.15, 0.2) is 11.6 Å². The predicted molar refractivity (Wildman–Crippen MR) is 63.8 cm³/mol. The lowest BCUT2D eigenvalue weighted by Gasteiger charge is -2.07. The fraction of sp³-hybridized carbons (Fsp3) is 0.385. The molecule has 0 atom stereocenters. The lowest BCUT2D eigenvalue weighted by Crippen LogP contribution is -2.06. The van der Waals surface area contributed by atoms with Crippen LogP contribution >= 0.6 is 0 Å². The first kappa shape index (κ1) is 17.3. The van der Waals surface area contributed by atoms with E-state index >= 15 is 0 Å². The van der Waals surface area contributed by atoms with Crippen LogP contribution in [0.1, 0.15) is 36.2 Å². The third kappa shape index (κ3) is 6.71. The number of ketones is 2. The Labute approximate surface area is 109 Å². The number of rotatable bonds is 3. The van der Waals surface area contributed by atoms with Crippen LogP contribution in [0.25, 0.3) is 0 Å². The quantitative estimate of drug-likeness (QED) is 0.864. The van der Waals surface area contributed by atoms with Crippen molar-refractivity contribution in [1.82, 2.24) is 0 Å². The number of alkyl halides is 3. The zero-order valence-corrected chi connectivity index (χ0v) is 10.6. The highest BCUT2D eigenvalue weighted by Crippen LogP contribution is 2.29. The lowest BCUT2D eigenvalue weighted by molar-refractivity contribution is -0.137. The molecule has 0 aliphatic heterocycles. The minimum Gasteiger partial charge on any atom is -0.389 e. The number of carbonyl (C=O) groups excluding carboxylic acids is 2. The van der Waals surface area contributed by atoms with Crippen LogP contribution in [0.3, 0.4) is 0 Å². The molecule has 0 aliphatic rings. The van der Waals surface area contributed by atoms with Crippen molar-refractivity contribution in [1.29, 1.82) is 0 Å². The van der Waals surface area contributed by atoms with Crippen molar-refractivity contribution in [3.05, 3.63) is 35.4 Å². The number of Topliss-reactive ketones (excluding diaryl/α,β-unsaturated/α-hetero) is 2. The van der Waals surface area contributed by atoms with Gasteiger partial charge in [-0.2, -0.15) is 13.2 Å². The van der Waals surface area contributed by atoms with Crippen LogP contribution in [0.15, 0.2) is 24.3 Å². The summed E-state index contributed by atoms with van der Waals surface area (Å²) in [6.07, 6.45) is -4.18. The normalized spacial score (nSPS) is 10.4. The smallest absolute Gasteiger partial charge is 0.389 e. The number of aliphatic hydroxyl groups is 1. The molecule has 0 heterocycles. The Hall–Kier alpha value is -1.69. The van der Waals surface area contributed by atoms with Gasteiger partial charge in [0.1, 0.15) is 6.61 Å². The molecule has 0 amide bonds. The van der Waals surface area contributed by atoms with Gasteiger partial charge in [0.25, 0.3) is 0 Å². The Bertz CT molecular complexity index is 439. The van der Waals surface area contributed by atoms with E-state index in [0.29, 0.717) is 0 Å². The zero-order valence-electron chi connectivity index (χ0n) is 10.6. The molecule has 19 heavy (non-hydrogen) atoms. The maximum Gasteiger partial charge on any atom is 0.416 e. The van der Waals surface area contributed by atoms with Crippen LogP contribution in [0, 0.1) is 0 Å². The van der Waals surface area contributed by atoms with Crippen molar-refractivity contribution in [2.45, 2.75) is 26.4 Å². The van der Waals surface area contributed by atoms with E-state index in [1.807, 2.05) is 0 Å². The van der Waals surface area contributed by atoms with E-state index in [1.165, 1.54) is 19.1 Å². The molecular weight excluding hydrogens is 261 g/mol. The second-order valence-electron chi connectivity index (χ2n) is 3.72. The number of hydrogen-bond donors (Lipinski definition) is 1. The molecule has 1 aromatic carbocycles. The molecular formula is C13H15F3O3. The number of hydrogen-bond acceptors (Lipinski definition) is 3. The van der Waals surface area contributed by atoms with Crippen LogP contribution in [-0.4, -0.2) is 23.3 Å². The third-order valence-electron chi connectivity index (χ3n) is 2.06. The molecule has 3 nitrogen and oxygen atoms in total. The molecule has 0 bridgehead atoms. The SMILES string of the molecule is CC(=O)CO.CCC(=O)c1cccc(C(F)(F)F)c1. The van der Waals surface area contributed by atoms with Crippen molar-refractivity contribution in [2.24, 2.45) is 0 Å². The Morgan fingerprint density at radius 2 is 1.79 bits per heavy atom. The summed E-state index contributed by atoms with van der Waals surface area (Å²) >= 11 is 0. The summed E-state index contributed by atoms with van der Waals surface area (Å²) in [5.74, 6) is -0.471. The Kier molecular flexibility index (Phi) is 7.00. The van der Waals surface area contributed by atoms with Crippen molar-refractivity contribution in [3.63, 3.8) is 0 Å². The molecule has 0 saturated carbocycles. The number of benzene rings is 1. The maximum absolute atomic E-state index is 12.2. The van der Waals surface area contributed by atoms with Crippen molar-refractivity contribution in [2.75, 3.05) is 6.61 Å². The van der Waals surface area contributed by atoms with E-state index < -0.39 is 11.7 Å². The first-order valence-electron chi connectivity index (χ1n) is 5.53. The Morgan fingerprint density at radius 1 is 1.26 bits per heavy atom. The van der Waals surface area contributed by atoms with E-state index in [2.05, 4.69) is 0 Å². The van der Waals surface area contributed by atoms with E-state index in [1.54, 1.807) is 6.92 Å². The molecule has 1 aromatic rings. The molecule has 1 N–H and O–H groups in total. The van der Waals surface area contributed by atoms with Gasteiger partial charge in [-0.05, 0) is 19.1 Å². The summed E-state index contributed by atoms with van der Waals surface area (Å²) in [7, 11) is 0. The molecule has 6 heteroatoms. The van der Waals surface area contributed by atoms with Gasteiger partial charge in [-0.3, -0.25) is 9.59 Å². The monoisotopic (exact) mass is 276 g/mol. The molecule has 106 valence electrons. The third-order valence-corrected chi connectivity index (χ3v) is 2.06. The summed E-state index contributed by atoms with van der Waals surface area (Å²) < 4.78 is 36.7. The number of halogens is 3. The fourth-order valence-electron chi connectivity index (χ4n) is 1.07. The predicted octanol–water partition coefficient (Wildman–Crippen LogP) is 2.87. The van der Waals surface area contributed by atoms with E-state index in [0.717, 1.165) is 12.1 Å². The van der Waals surface area contributed by atoms with Crippen LogP contribution in [0.2, 0.25) is 0 Å². The van der Waals surface area contributed by atoms with Gasteiger partial charge in [0, 0.05) is 12.0 Å². The number of carbonyl (C=O) groups is 2. The van der Waals surface area contributed by atoms with Gasteiger partial charge in [-0.15, -0.1) is 0 Å². The summed E-state index contributed by atoms with van der Waals surface area (Å²) in [4.78, 5) is 20.7. The average molecular weight is 276 g/mol. The Morgan fingerprint density at radius 3 is 2.16 bits per heavy atom. The molecule has 0 aliphatic carbocycles. The average Bonchev–Trinajstić information content (AvgIpc) is 2.37. The number of aliphatic hydroxyl groups excluding tert-OH is 1. The first-order valence-corrected chi connectivity index (χ1v) is 5.53. The molecule has 0 fully saturated rings. The van der Waals surface area contributed by atoms with Crippen LogP contribution < -0.4 is 0 Å². The summed E-state index contributed by atoms with van der Waals surface area (Å²) in [6.45, 7) is 2.61. The van der Waals surface area contributed by atoms with Crippen molar-refractivity contribution in [3.8, 4) is 0 Å². The molecule has 1 rings (SSSR count). The highest BCUT2D eigenvalue weighted by Gasteiger charge is 2.30. The summed E-state index contributed by atoms with van der Waals surface area (Å²) in [6, 6.07) is 4.46. The van der Waals surface area contributed by atoms with Gasteiger partial charge in [-0.25, -0.2) is 0 Å². The highest BCUT2D eigenvalue weighted by atomic mass is 19.4. The minimum atomic E-state index is -4.38. The maximum atomic E-state index is 12.2. The van der Waals surface area contributed by atoms with E-state index in [-0.39, 0.29) is 30.2 Å². The van der Waals surface area contributed by atoms with Gasteiger partial charge in [0.05, 0.1) is 5.56 Å². The van der Waals surface area contributed by atoms with Crippen LogP contribution in [0.5, 0.6) is 0 Å². The molecule has 0 aromatic heterocycles. The van der Waals surface area contributed by atoms with Crippen LogP contribution in [-0.2, 0) is 11.0 Å². The molecule has 0 saturated heterocycles. The standard InChI is InChI=1S/C10H9F3O.C3H6O2/c1-2-9(14)7-4-3-5-8(6-7)10(11,12)13;1-3(5)2-4/h3-6H,2H2,1H3;4H,2H2,1H3. The van der Waals surface area contributed by atoms with Crippen molar-refractivity contribution >= 4 is 11.6 Å². The largest absolute Gasteiger partial charge is 0.416 e. The van der Waals surface area contributed by atoms with Crippen LogP contribution in [0.4, 0.5) is 13.2 Å². The van der Waals surface area contributed by atoms with E-state index in [4.69, 9.17) is 5.11 Å². The molecule has 0 radical (unpaired) electrons. The molecule has 0 unspecified atom stereocenters. The first-order chi connectivity index (χ1) is 8.72. The fourth-order valence-corrected chi connectivity index (χ4v) is 1.07. The summed E-state index contributed by atoms with van der Waals surface area (Å²) in [5, 5.41) is 7.79. The second kappa shape index (κ2) is 7.68. The van der Waals surface area contributed by atoms with Crippen molar-refractivity contribution < 1.29 is 27.9 Å².